The Bertz CT molecular complexity index is 739. The molecule has 3 rings (SSSR count). The fraction of sp³-hybridized carbons (Fsp3) is 0.278. The Kier molecular flexibility index (Phi) is 3.65. The Morgan fingerprint density at radius 2 is 1.76 bits per heavy atom. The number of nitrogens with zero attached hydrogens (tertiary/aromatic N) is 2. The van der Waals surface area contributed by atoms with Crippen molar-refractivity contribution in [2.75, 3.05) is 5.32 Å². The number of hydrogen-bond acceptors (Lipinski definition) is 2. The van der Waals surface area contributed by atoms with E-state index in [4.69, 9.17) is 0 Å². The highest BCUT2D eigenvalue weighted by Crippen LogP contribution is 2.23. The van der Waals surface area contributed by atoms with Gasteiger partial charge < -0.3 is 5.32 Å². The van der Waals surface area contributed by atoms with Crippen LogP contribution in [-0.2, 0) is 6.54 Å². The van der Waals surface area contributed by atoms with E-state index < -0.39 is 0 Å². The Labute approximate surface area is 125 Å². The average Bonchev–Trinajstić information content (AvgIpc) is 2.83. The normalized spacial score (nSPS) is 11.2. The molecule has 3 heteroatoms. The number of aromatic nitrogens is 2. The van der Waals surface area contributed by atoms with Crippen molar-refractivity contribution in [1.29, 1.82) is 0 Å². The van der Waals surface area contributed by atoms with Gasteiger partial charge in [0.15, 0.2) is 0 Å². The molecular formula is C18H21N3. The van der Waals surface area contributed by atoms with Crippen LogP contribution >= 0.6 is 0 Å². The molecule has 0 aliphatic rings. The first-order valence-electron chi connectivity index (χ1n) is 7.41. The molecule has 3 nitrogen and oxygen atoms in total. The van der Waals surface area contributed by atoms with Gasteiger partial charge in [-0.15, -0.1) is 0 Å². The molecule has 0 unspecified atom stereocenters. The first-order chi connectivity index (χ1) is 10.1. The second-order valence-corrected chi connectivity index (χ2v) is 5.99. The molecule has 1 heterocycles. The van der Waals surface area contributed by atoms with E-state index in [1.807, 2.05) is 6.20 Å². The summed E-state index contributed by atoms with van der Waals surface area (Å²) < 4.78 is 2.08. The Balaban J connectivity index is 1.86. The maximum absolute atomic E-state index is 4.48. The van der Waals surface area contributed by atoms with E-state index in [1.165, 1.54) is 16.5 Å². The summed E-state index contributed by atoms with van der Waals surface area (Å²) in [6.07, 6.45) is 1.94. The van der Waals surface area contributed by atoms with Gasteiger partial charge in [-0.1, -0.05) is 31.5 Å². The number of aryl methyl sites for hydroxylation is 1. The van der Waals surface area contributed by atoms with Crippen molar-refractivity contribution in [3.05, 3.63) is 54.2 Å². The minimum Gasteiger partial charge on any atom is -0.356 e. The smallest absolute Gasteiger partial charge is 0.0684 e. The lowest BCUT2D eigenvalue weighted by molar-refractivity contribution is 0.495. The summed E-state index contributed by atoms with van der Waals surface area (Å²) in [7, 11) is 0. The van der Waals surface area contributed by atoms with E-state index in [0.717, 1.165) is 17.9 Å². The summed E-state index contributed by atoms with van der Waals surface area (Å²) in [5.41, 5.74) is 4.66. The van der Waals surface area contributed by atoms with Crippen LogP contribution in [-0.4, -0.2) is 9.78 Å². The molecule has 0 radical (unpaired) electrons. The summed E-state index contributed by atoms with van der Waals surface area (Å²) in [5.74, 6) is 0.596. The molecule has 0 spiro atoms. The van der Waals surface area contributed by atoms with Crippen molar-refractivity contribution in [3.8, 4) is 0 Å². The first kappa shape index (κ1) is 13.7. The molecule has 0 saturated heterocycles. The largest absolute Gasteiger partial charge is 0.356 e. The minimum atomic E-state index is 0.596. The van der Waals surface area contributed by atoms with E-state index in [-0.39, 0.29) is 0 Å². The molecule has 1 aromatic heterocycles. The van der Waals surface area contributed by atoms with Crippen molar-refractivity contribution >= 4 is 22.3 Å². The second-order valence-electron chi connectivity index (χ2n) is 5.99. The molecule has 0 fully saturated rings. The van der Waals surface area contributed by atoms with Crippen LogP contribution < -0.4 is 5.32 Å². The zero-order chi connectivity index (χ0) is 14.8. The lowest BCUT2D eigenvalue weighted by atomic mass is 10.2. The molecule has 0 saturated carbocycles. The molecule has 0 bridgehead atoms. The zero-order valence-corrected chi connectivity index (χ0v) is 12.8. The SMILES string of the molecule is Cc1ccc(Nc2ccc3c(cnn3CC(C)C)c2)cc1. The highest BCUT2D eigenvalue weighted by molar-refractivity contribution is 5.83. The summed E-state index contributed by atoms with van der Waals surface area (Å²) in [5, 5.41) is 9.09. The third kappa shape index (κ3) is 3.07. The van der Waals surface area contributed by atoms with Crippen LogP contribution in [0, 0.1) is 12.8 Å². The van der Waals surface area contributed by atoms with Gasteiger partial charge in [-0.2, -0.15) is 5.10 Å². The second kappa shape index (κ2) is 5.60. The van der Waals surface area contributed by atoms with Crippen molar-refractivity contribution in [2.24, 2.45) is 5.92 Å². The standard InChI is InChI=1S/C18H21N3/c1-13(2)12-21-18-9-8-17(10-15(18)11-19-21)20-16-6-4-14(3)5-7-16/h4-11,13,20H,12H2,1-3H3. The molecule has 1 N–H and O–H groups in total. The van der Waals surface area contributed by atoms with Crippen molar-refractivity contribution in [1.82, 2.24) is 9.78 Å². The highest BCUT2D eigenvalue weighted by atomic mass is 15.3. The number of fused-ring (bicyclic) bond motifs is 1. The van der Waals surface area contributed by atoms with E-state index >= 15 is 0 Å². The minimum absolute atomic E-state index is 0.596. The fourth-order valence-corrected chi connectivity index (χ4v) is 2.46. The summed E-state index contributed by atoms with van der Waals surface area (Å²) >= 11 is 0. The number of nitrogens with one attached hydrogen (secondary N) is 1. The van der Waals surface area contributed by atoms with Gasteiger partial charge in [0.1, 0.15) is 0 Å². The third-order valence-electron chi connectivity index (χ3n) is 3.52. The fourth-order valence-electron chi connectivity index (χ4n) is 2.46. The zero-order valence-electron chi connectivity index (χ0n) is 12.8. The lowest BCUT2D eigenvalue weighted by Gasteiger charge is -2.09. The maximum Gasteiger partial charge on any atom is 0.0684 e. The Hall–Kier alpha value is -2.29. The summed E-state index contributed by atoms with van der Waals surface area (Å²) in [4.78, 5) is 0. The predicted molar refractivity (Wildman–Crippen MR) is 89.0 cm³/mol. The number of rotatable bonds is 4. The Morgan fingerprint density at radius 1 is 1.05 bits per heavy atom. The van der Waals surface area contributed by atoms with Gasteiger partial charge in [-0.25, -0.2) is 0 Å². The molecule has 0 aliphatic heterocycles. The van der Waals surface area contributed by atoms with Gasteiger partial charge in [0.05, 0.1) is 11.7 Å². The number of hydrogen-bond donors (Lipinski definition) is 1. The van der Waals surface area contributed by atoms with E-state index in [9.17, 15) is 0 Å². The van der Waals surface area contributed by atoms with Gasteiger partial charge >= 0.3 is 0 Å². The van der Waals surface area contributed by atoms with Gasteiger partial charge in [-0.3, -0.25) is 4.68 Å². The van der Waals surface area contributed by atoms with Gasteiger partial charge in [0, 0.05) is 23.3 Å². The first-order valence-corrected chi connectivity index (χ1v) is 7.41. The predicted octanol–water partition coefficient (Wildman–Crippen LogP) is 4.74. The van der Waals surface area contributed by atoms with Crippen LogP contribution in [0.25, 0.3) is 10.9 Å². The molecular weight excluding hydrogens is 258 g/mol. The van der Waals surface area contributed by atoms with Crippen molar-refractivity contribution in [2.45, 2.75) is 27.3 Å². The molecule has 0 amide bonds. The molecule has 3 aromatic rings. The van der Waals surface area contributed by atoms with E-state index in [1.54, 1.807) is 0 Å². The molecule has 0 aliphatic carbocycles. The van der Waals surface area contributed by atoms with Crippen LogP contribution in [0.1, 0.15) is 19.4 Å². The monoisotopic (exact) mass is 279 g/mol. The quantitative estimate of drug-likeness (QED) is 0.747. The van der Waals surface area contributed by atoms with E-state index in [0.29, 0.717) is 5.92 Å². The summed E-state index contributed by atoms with van der Waals surface area (Å²) in [6, 6.07) is 14.8. The number of anilines is 2. The molecule has 21 heavy (non-hydrogen) atoms. The van der Waals surface area contributed by atoms with Gasteiger partial charge in [0.2, 0.25) is 0 Å². The highest BCUT2D eigenvalue weighted by Gasteiger charge is 2.05. The van der Waals surface area contributed by atoms with Crippen molar-refractivity contribution in [3.63, 3.8) is 0 Å². The van der Waals surface area contributed by atoms with Crippen LogP contribution in [0.5, 0.6) is 0 Å². The summed E-state index contributed by atoms with van der Waals surface area (Å²) in [6.45, 7) is 7.47. The maximum atomic E-state index is 4.48. The van der Waals surface area contributed by atoms with Gasteiger partial charge in [-0.05, 0) is 43.2 Å². The topological polar surface area (TPSA) is 29.9 Å². The van der Waals surface area contributed by atoms with Crippen LogP contribution in [0.3, 0.4) is 0 Å². The molecule has 2 aromatic carbocycles. The van der Waals surface area contributed by atoms with E-state index in [2.05, 4.69) is 78.3 Å². The molecule has 108 valence electrons. The van der Waals surface area contributed by atoms with Crippen LogP contribution in [0.2, 0.25) is 0 Å². The molecule has 0 atom stereocenters. The number of benzene rings is 2. The average molecular weight is 279 g/mol. The van der Waals surface area contributed by atoms with Crippen LogP contribution in [0.4, 0.5) is 11.4 Å². The Morgan fingerprint density at radius 3 is 2.48 bits per heavy atom. The van der Waals surface area contributed by atoms with Crippen molar-refractivity contribution < 1.29 is 0 Å². The van der Waals surface area contributed by atoms with Crippen LogP contribution in [0.15, 0.2) is 48.7 Å². The lowest BCUT2D eigenvalue weighted by Crippen LogP contribution is -2.05. The van der Waals surface area contributed by atoms with Gasteiger partial charge in [0.25, 0.3) is 0 Å². The third-order valence-corrected chi connectivity index (χ3v) is 3.52.